The number of pyridine rings is 1. The van der Waals surface area contributed by atoms with Gasteiger partial charge >= 0.3 is 5.97 Å². The van der Waals surface area contributed by atoms with Gasteiger partial charge in [0, 0.05) is 24.5 Å². The molecule has 1 aromatic carbocycles. The van der Waals surface area contributed by atoms with E-state index in [1.54, 1.807) is 12.1 Å². The number of benzene rings is 1. The SMILES string of the molecule is Cc1cc(CNCc2ccc(C(=O)O)cc2)cc(C)n1. The Bertz CT molecular complexity index is 586. The van der Waals surface area contributed by atoms with Crippen molar-refractivity contribution in [2.75, 3.05) is 0 Å². The molecule has 20 heavy (non-hydrogen) atoms. The number of carboxylic acid groups (broad SMARTS) is 1. The quantitative estimate of drug-likeness (QED) is 0.877. The average Bonchev–Trinajstić information content (AvgIpc) is 2.38. The van der Waals surface area contributed by atoms with Crippen LogP contribution in [0.25, 0.3) is 0 Å². The Morgan fingerprint density at radius 2 is 1.60 bits per heavy atom. The Morgan fingerprint density at radius 3 is 2.15 bits per heavy atom. The van der Waals surface area contributed by atoms with Crippen molar-refractivity contribution < 1.29 is 9.90 Å². The summed E-state index contributed by atoms with van der Waals surface area (Å²) in [5.74, 6) is -0.896. The molecule has 0 aliphatic heterocycles. The number of hydrogen-bond donors (Lipinski definition) is 2. The maximum Gasteiger partial charge on any atom is 0.335 e. The van der Waals surface area contributed by atoms with Gasteiger partial charge in [-0.15, -0.1) is 0 Å². The van der Waals surface area contributed by atoms with Crippen LogP contribution in [-0.4, -0.2) is 16.1 Å². The first-order valence-electron chi connectivity index (χ1n) is 6.52. The molecule has 0 aliphatic rings. The second kappa shape index (κ2) is 6.30. The van der Waals surface area contributed by atoms with E-state index in [1.807, 2.05) is 26.0 Å². The van der Waals surface area contributed by atoms with Gasteiger partial charge in [-0.3, -0.25) is 4.98 Å². The van der Waals surface area contributed by atoms with Crippen LogP contribution in [0.1, 0.15) is 32.9 Å². The van der Waals surface area contributed by atoms with Crippen LogP contribution in [0.2, 0.25) is 0 Å². The molecule has 0 amide bonds. The van der Waals surface area contributed by atoms with Gasteiger partial charge in [0.05, 0.1) is 5.56 Å². The lowest BCUT2D eigenvalue weighted by Gasteiger charge is -2.07. The fourth-order valence-corrected chi connectivity index (χ4v) is 2.14. The van der Waals surface area contributed by atoms with Gasteiger partial charge in [0.2, 0.25) is 0 Å². The van der Waals surface area contributed by atoms with E-state index < -0.39 is 5.97 Å². The van der Waals surface area contributed by atoms with Crippen molar-refractivity contribution >= 4 is 5.97 Å². The lowest BCUT2D eigenvalue weighted by atomic mass is 10.1. The monoisotopic (exact) mass is 270 g/mol. The average molecular weight is 270 g/mol. The number of aryl methyl sites for hydroxylation is 2. The maximum absolute atomic E-state index is 10.8. The summed E-state index contributed by atoms with van der Waals surface area (Å²) in [5, 5.41) is 12.2. The Morgan fingerprint density at radius 1 is 1.05 bits per heavy atom. The predicted molar refractivity (Wildman–Crippen MR) is 77.7 cm³/mol. The van der Waals surface area contributed by atoms with Crippen LogP contribution in [-0.2, 0) is 13.1 Å². The second-order valence-corrected chi connectivity index (χ2v) is 4.86. The first-order valence-corrected chi connectivity index (χ1v) is 6.52. The first-order chi connectivity index (χ1) is 9.54. The van der Waals surface area contributed by atoms with Crippen molar-refractivity contribution in [1.29, 1.82) is 0 Å². The molecule has 2 N–H and O–H groups in total. The molecule has 0 unspecified atom stereocenters. The summed E-state index contributed by atoms with van der Waals surface area (Å²) in [6.07, 6.45) is 0. The third-order valence-corrected chi connectivity index (χ3v) is 3.00. The van der Waals surface area contributed by atoms with Crippen LogP contribution < -0.4 is 5.32 Å². The van der Waals surface area contributed by atoms with Gasteiger partial charge in [-0.05, 0) is 49.2 Å². The first kappa shape index (κ1) is 14.2. The number of nitrogens with one attached hydrogen (secondary N) is 1. The van der Waals surface area contributed by atoms with Gasteiger partial charge in [-0.1, -0.05) is 12.1 Å². The van der Waals surface area contributed by atoms with Crippen LogP contribution in [0.15, 0.2) is 36.4 Å². The number of carbonyl (C=O) groups is 1. The molecular formula is C16H18N2O2. The Hall–Kier alpha value is -2.20. The highest BCUT2D eigenvalue weighted by Gasteiger charge is 2.02. The molecule has 0 saturated heterocycles. The molecule has 1 aromatic heterocycles. The van der Waals surface area contributed by atoms with E-state index in [0.29, 0.717) is 12.1 Å². The van der Waals surface area contributed by atoms with Crippen molar-refractivity contribution in [3.8, 4) is 0 Å². The summed E-state index contributed by atoms with van der Waals surface area (Å²) in [5.41, 5.74) is 4.63. The van der Waals surface area contributed by atoms with E-state index in [4.69, 9.17) is 5.11 Å². The van der Waals surface area contributed by atoms with Crippen molar-refractivity contribution in [3.63, 3.8) is 0 Å². The summed E-state index contributed by atoms with van der Waals surface area (Å²) in [6, 6.07) is 11.0. The zero-order chi connectivity index (χ0) is 14.5. The van der Waals surface area contributed by atoms with E-state index in [0.717, 1.165) is 23.5 Å². The smallest absolute Gasteiger partial charge is 0.335 e. The summed E-state index contributed by atoms with van der Waals surface area (Å²) >= 11 is 0. The molecule has 0 aliphatic carbocycles. The van der Waals surface area contributed by atoms with Gasteiger partial charge in [-0.25, -0.2) is 4.79 Å². The normalized spacial score (nSPS) is 10.5. The fourth-order valence-electron chi connectivity index (χ4n) is 2.14. The summed E-state index contributed by atoms with van der Waals surface area (Å²) in [6.45, 7) is 5.45. The third-order valence-electron chi connectivity index (χ3n) is 3.00. The van der Waals surface area contributed by atoms with E-state index in [1.165, 1.54) is 5.56 Å². The largest absolute Gasteiger partial charge is 0.478 e. The number of aromatic carboxylic acids is 1. The van der Waals surface area contributed by atoms with Crippen LogP contribution in [0, 0.1) is 13.8 Å². The minimum absolute atomic E-state index is 0.314. The molecule has 2 aromatic rings. The molecule has 0 bridgehead atoms. The zero-order valence-electron chi connectivity index (χ0n) is 11.7. The van der Waals surface area contributed by atoms with E-state index in [-0.39, 0.29) is 0 Å². The number of rotatable bonds is 5. The molecule has 0 fully saturated rings. The van der Waals surface area contributed by atoms with Crippen LogP contribution in [0.4, 0.5) is 0 Å². The molecule has 4 nitrogen and oxygen atoms in total. The second-order valence-electron chi connectivity index (χ2n) is 4.86. The molecular weight excluding hydrogens is 252 g/mol. The Kier molecular flexibility index (Phi) is 4.48. The standard InChI is InChI=1S/C16H18N2O2/c1-11-7-14(8-12(2)18-11)10-17-9-13-3-5-15(6-4-13)16(19)20/h3-8,17H,9-10H2,1-2H3,(H,19,20). The predicted octanol–water partition coefficient (Wildman–Crippen LogP) is 2.69. The van der Waals surface area contributed by atoms with E-state index in [2.05, 4.69) is 22.4 Å². The molecule has 104 valence electrons. The number of carboxylic acids is 1. The van der Waals surface area contributed by atoms with Crippen molar-refractivity contribution in [3.05, 3.63) is 64.5 Å². The Labute approximate surface area is 118 Å². The summed E-state index contributed by atoms with van der Waals surface area (Å²) < 4.78 is 0. The number of aromatic nitrogens is 1. The highest BCUT2D eigenvalue weighted by atomic mass is 16.4. The van der Waals surface area contributed by atoms with Gasteiger partial charge in [-0.2, -0.15) is 0 Å². The lowest BCUT2D eigenvalue weighted by Crippen LogP contribution is -2.13. The topological polar surface area (TPSA) is 62.2 Å². The molecule has 2 rings (SSSR count). The van der Waals surface area contributed by atoms with Gasteiger partial charge in [0.1, 0.15) is 0 Å². The molecule has 0 saturated carbocycles. The van der Waals surface area contributed by atoms with Crippen LogP contribution >= 0.6 is 0 Å². The fraction of sp³-hybridized carbons (Fsp3) is 0.250. The van der Waals surface area contributed by atoms with Crippen LogP contribution in [0.5, 0.6) is 0 Å². The van der Waals surface area contributed by atoms with Gasteiger partial charge in [0.15, 0.2) is 0 Å². The molecule has 0 radical (unpaired) electrons. The lowest BCUT2D eigenvalue weighted by molar-refractivity contribution is 0.0697. The molecule has 1 heterocycles. The minimum atomic E-state index is -0.896. The third kappa shape index (κ3) is 3.90. The van der Waals surface area contributed by atoms with Crippen molar-refractivity contribution in [2.24, 2.45) is 0 Å². The number of hydrogen-bond acceptors (Lipinski definition) is 3. The number of nitrogens with zero attached hydrogens (tertiary/aromatic N) is 1. The zero-order valence-corrected chi connectivity index (χ0v) is 11.7. The van der Waals surface area contributed by atoms with E-state index >= 15 is 0 Å². The highest BCUT2D eigenvalue weighted by molar-refractivity contribution is 5.87. The Balaban J connectivity index is 1.90. The summed E-state index contributed by atoms with van der Waals surface area (Å²) in [7, 11) is 0. The maximum atomic E-state index is 10.8. The minimum Gasteiger partial charge on any atom is -0.478 e. The van der Waals surface area contributed by atoms with E-state index in [9.17, 15) is 4.79 Å². The highest BCUT2D eigenvalue weighted by Crippen LogP contribution is 2.07. The van der Waals surface area contributed by atoms with Crippen LogP contribution in [0.3, 0.4) is 0 Å². The molecule has 4 heteroatoms. The van der Waals surface area contributed by atoms with Gasteiger partial charge in [0.25, 0.3) is 0 Å². The van der Waals surface area contributed by atoms with Crippen molar-refractivity contribution in [1.82, 2.24) is 10.3 Å². The molecule has 0 spiro atoms. The molecule has 0 atom stereocenters. The van der Waals surface area contributed by atoms with Crippen molar-refractivity contribution in [2.45, 2.75) is 26.9 Å². The van der Waals surface area contributed by atoms with Gasteiger partial charge < -0.3 is 10.4 Å². The summed E-state index contributed by atoms with van der Waals surface area (Å²) in [4.78, 5) is 15.1.